The van der Waals surface area contributed by atoms with E-state index < -0.39 is 5.54 Å². The van der Waals surface area contributed by atoms with Crippen molar-refractivity contribution in [1.29, 1.82) is 0 Å². The van der Waals surface area contributed by atoms with E-state index in [2.05, 4.69) is 25.2 Å². The van der Waals surface area contributed by atoms with Gasteiger partial charge in [0.2, 0.25) is 5.91 Å². The smallest absolute Gasteiger partial charge is 0.246 e. The number of carbonyl (C=O) groups is 1. The molecular weight excluding hydrogens is 224 g/mol. The first kappa shape index (κ1) is 13.1. The number of rotatable bonds is 2. The topological polar surface area (TPSA) is 32.3 Å². The lowest BCUT2D eigenvalue weighted by Crippen LogP contribution is -2.65. The zero-order chi connectivity index (χ0) is 13.3. The highest BCUT2D eigenvalue weighted by atomic mass is 16.2. The van der Waals surface area contributed by atoms with Crippen molar-refractivity contribution in [3.05, 3.63) is 29.8 Å². The Labute approximate surface area is 109 Å². The molecule has 18 heavy (non-hydrogen) atoms. The van der Waals surface area contributed by atoms with Gasteiger partial charge in [0.1, 0.15) is 0 Å². The molecule has 0 aliphatic carbocycles. The maximum Gasteiger partial charge on any atom is 0.246 e. The molecule has 0 saturated carbocycles. The molecule has 1 aliphatic heterocycles. The first-order valence-corrected chi connectivity index (χ1v) is 6.63. The molecule has 1 aromatic rings. The summed E-state index contributed by atoms with van der Waals surface area (Å²) in [5, 5.41) is 3.35. The molecule has 0 bridgehead atoms. The lowest BCUT2D eigenvalue weighted by Gasteiger charge is -2.42. The van der Waals surface area contributed by atoms with E-state index in [0.29, 0.717) is 6.04 Å². The van der Waals surface area contributed by atoms with E-state index in [1.807, 2.05) is 36.9 Å². The number of carbonyl (C=O) groups excluding carboxylic acids is 1. The number of hydrogen-bond acceptors (Lipinski definition) is 2. The fourth-order valence-electron chi connectivity index (χ4n) is 2.70. The zero-order valence-corrected chi connectivity index (χ0v) is 11.7. The van der Waals surface area contributed by atoms with Crippen LogP contribution in [-0.4, -0.2) is 24.0 Å². The predicted octanol–water partition coefficient (Wildman–Crippen LogP) is 2.35. The van der Waals surface area contributed by atoms with Crippen LogP contribution in [0, 0.1) is 0 Å². The lowest BCUT2D eigenvalue weighted by molar-refractivity contribution is -0.125. The minimum atomic E-state index is -0.488. The Morgan fingerprint density at radius 3 is 2.72 bits per heavy atom. The minimum Gasteiger partial charge on any atom is -0.309 e. The molecule has 1 unspecified atom stereocenters. The summed E-state index contributed by atoms with van der Waals surface area (Å²) in [6.45, 7) is 8.88. The van der Waals surface area contributed by atoms with Gasteiger partial charge in [0.15, 0.2) is 0 Å². The summed E-state index contributed by atoms with van der Waals surface area (Å²) in [4.78, 5) is 14.5. The maximum absolute atomic E-state index is 12.5. The van der Waals surface area contributed by atoms with Gasteiger partial charge in [-0.25, -0.2) is 0 Å². The highest BCUT2D eigenvalue weighted by Gasteiger charge is 2.39. The molecule has 1 amide bonds. The molecule has 1 saturated heterocycles. The monoisotopic (exact) mass is 246 g/mol. The molecule has 0 aromatic heterocycles. The van der Waals surface area contributed by atoms with E-state index in [9.17, 15) is 4.79 Å². The van der Waals surface area contributed by atoms with Gasteiger partial charge in [0, 0.05) is 18.3 Å². The summed E-state index contributed by atoms with van der Waals surface area (Å²) >= 11 is 0. The van der Waals surface area contributed by atoms with E-state index in [-0.39, 0.29) is 5.91 Å². The van der Waals surface area contributed by atoms with E-state index in [1.165, 1.54) is 5.56 Å². The SMILES string of the molecule is CCc1ccccc1N1CC(C)NC(C)(C)C1=O. The van der Waals surface area contributed by atoms with Gasteiger partial charge >= 0.3 is 0 Å². The Bertz CT molecular complexity index is 454. The van der Waals surface area contributed by atoms with Crippen LogP contribution in [0.5, 0.6) is 0 Å². The van der Waals surface area contributed by atoms with Crippen LogP contribution in [0.2, 0.25) is 0 Å². The fourth-order valence-corrected chi connectivity index (χ4v) is 2.70. The van der Waals surface area contributed by atoms with Crippen molar-refractivity contribution < 1.29 is 4.79 Å². The van der Waals surface area contributed by atoms with Gasteiger partial charge in [-0.3, -0.25) is 10.1 Å². The van der Waals surface area contributed by atoms with E-state index in [4.69, 9.17) is 0 Å². The number of para-hydroxylation sites is 1. The summed E-state index contributed by atoms with van der Waals surface area (Å²) in [5.41, 5.74) is 1.81. The number of benzene rings is 1. The summed E-state index contributed by atoms with van der Waals surface area (Å²) < 4.78 is 0. The molecule has 1 N–H and O–H groups in total. The second kappa shape index (κ2) is 4.73. The van der Waals surface area contributed by atoms with Crippen molar-refractivity contribution in [2.45, 2.75) is 45.7 Å². The summed E-state index contributed by atoms with van der Waals surface area (Å²) in [5.74, 6) is 0.154. The van der Waals surface area contributed by atoms with Gasteiger partial charge in [-0.05, 0) is 38.8 Å². The standard InChI is InChI=1S/C15H22N2O/c1-5-12-8-6-7-9-13(12)17-10-11(2)16-15(3,4)14(17)18/h6-9,11,16H,5,10H2,1-4H3. The Morgan fingerprint density at radius 1 is 1.39 bits per heavy atom. The number of piperazine rings is 1. The first-order valence-electron chi connectivity index (χ1n) is 6.63. The van der Waals surface area contributed by atoms with Crippen LogP contribution in [0.3, 0.4) is 0 Å². The van der Waals surface area contributed by atoms with Crippen LogP contribution >= 0.6 is 0 Å². The molecule has 1 atom stereocenters. The minimum absolute atomic E-state index is 0.154. The van der Waals surface area contributed by atoms with Crippen molar-refractivity contribution in [3.8, 4) is 0 Å². The average molecular weight is 246 g/mol. The van der Waals surface area contributed by atoms with Crippen LogP contribution in [-0.2, 0) is 11.2 Å². The predicted molar refractivity (Wildman–Crippen MR) is 74.8 cm³/mol. The molecule has 2 rings (SSSR count). The Balaban J connectivity index is 2.40. The number of nitrogens with one attached hydrogen (secondary N) is 1. The van der Waals surface area contributed by atoms with Crippen LogP contribution in [0.15, 0.2) is 24.3 Å². The molecule has 0 radical (unpaired) electrons. The molecule has 0 spiro atoms. The van der Waals surface area contributed by atoms with Crippen LogP contribution in [0.1, 0.15) is 33.3 Å². The quantitative estimate of drug-likeness (QED) is 0.868. The normalized spacial score (nSPS) is 23.2. The highest BCUT2D eigenvalue weighted by molar-refractivity contribution is 6.01. The van der Waals surface area contributed by atoms with Gasteiger partial charge in [0.25, 0.3) is 0 Å². The maximum atomic E-state index is 12.5. The van der Waals surface area contributed by atoms with Crippen LogP contribution < -0.4 is 10.2 Å². The molecular formula is C15H22N2O. The largest absolute Gasteiger partial charge is 0.309 e. The fraction of sp³-hybridized carbons (Fsp3) is 0.533. The van der Waals surface area contributed by atoms with Gasteiger partial charge in [-0.1, -0.05) is 25.1 Å². The molecule has 1 fully saturated rings. The number of nitrogens with zero attached hydrogens (tertiary/aromatic N) is 1. The molecule has 1 heterocycles. The third-order valence-electron chi connectivity index (χ3n) is 3.51. The summed E-state index contributed by atoms with van der Waals surface area (Å²) in [7, 11) is 0. The van der Waals surface area contributed by atoms with Gasteiger partial charge in [-0.15, -0.1) is 0 Å². The Kier molecular flexibility index (Phi) is 3.44. The van der Waals surface area contributed by atoms with Gasteiger partial charge < -0.3 is 4.90 Å². The summed E-state index contributed by atoms with van der Waals surface area (Å²) in [6.07, 6.45) is 0.947. The van der Waals surface area contributed by atoms with Gasteiger partial charge in [-0.2, -0.15) is 0 Å². The number of amides is 1. The van der Waals surface area contributed by atoms with Crippen LogP contribution in [0.4, 0.5) is 5.69 Å². The number of anilines is 1. The molecule has 1 aromatic carbocycles. The van der Waals surface area contributed by atoms with Crippen molar-refractivity contribution >= 4 is 11.6 Å². The molecule has 3 nitrogen and oxygen atoms in total. The Hall–Kier alpha value is -1.35. The number of hydrogen-bond donors (Lipinski definition) is 1. The van der Waals surface area contributed by atoms with Gasteiger partial charge in [0.05, 0.1) is 5.54 Å². The lowest BCUT2D eigenvalue weighted by atomic mass is 9.96. The third kappa shape index (κ3) is 2.27. The average Bonchev–Trinajstić information content (AvgIpc) is 2.33. The molecule has 1 aliphatic rings. The molecule has 3 heteroatoms. The van der Waals surface area contributed by atoms with Crippen molar-refractivity contribution in [2.75, 3.05) is 11.4 Å². The second-order valence-electron chi connectivity index (χ2n) is 5.57. The summed E-state index contributed by atoms with van der Waals surface area (Å²) in [6, 6.07) is 8.49. The molecule has 98 valence electrons. The number of aryl methyl sites for hydroxylation is 1. The Morgan fingerprint density at radius 2 is 2.06 bits per heavy atom. The van der Waals surface area contributed by atoms with Crippen molar-refractivity contribution in [1.82, 2.24) is 5.32 Å². The first-order chi connectivity index (χ1) is 8.45. The van der Waals surface area contributed by atoms with Crippen molar-refractivity contribution in [3.63, 3.8) is 0 Å². The second-order valence-corrected chi connectivity index (χ2v) is 5.57. The van der Waals surface area contributed by atoms with Crippen molar-refractivity contribution in [2.24, 2.45) is 0 Å². The third-order valence-corrected chi connectivity index (χ3v) is 3.51. The van der Waals surface area contributed by atoms with E-state index in [1.54, 1.807) is 0 Å². The highest BCUT2D eigenvalue weighted by Crippen LogP contribution is 2.26. The van der Waals surface area contributed by atoms with Crippen LogP contribution in [0.25, 0.3) is 0 Å². The van der Waals surface area contributed by atoms with E-state index >= 15 is 0 Å². The van der Waals surface area contributed by atoms with E-state index in [0.717, 1.165) is 18.7 Å². The zero-order valence-electron chi connectivity index (χ0n) is 11.7.